The average molecular weight is 468 g/mol. The third kappa shape index (κ3) is 6.40. The normalized spacial score (nSPS) is 18.2. The maximum Gasteiger partial charge on any atom is 0.481 e. The van der Waals surface area contributed by atoms with Gasteiger partial charge in [0.1, 0.15) is 11.7 Å². The van der Waals surface area contributed by atoms with Gasteiger partial charge in [-0.15, -0.1) is 0 Å². The Kier molecular flexibility index (Phi) is 8.40. The van der Waals surface area contributed by atoms with Crippen molar-refractivity contribution in [2.45, 2.75) is 63.7 Å². The molecule has 9 nitrogen and oxygen atoms in total. The molecule has 1 aromatic carbocycles. The summed E-state index contributed by atoms with van der Waals surface area (Å²) in [7, 11) is 0.826. The highest BCUT2D eigenvalue weighted by Gasteiger charge is 2.54. The Hall–Kier alpha value is -2.82. The van der Waals surface area contributed by atoms with E-state index in [1.807, 2.05) is 58.0 Å². The molecule has 34 heavy (non-hydrogen) atoms. The summed E-state index contributed by atoms with van der Waals surface area (Å²) in [5.74, 6) is -1.35. The van der Waals surface area contributed by atoms with E-state index in [9.17, 15) is 9.59 Å². The Bertz CT molecular complexity index is 942. The monoisotopic (exact) mass is 468 g/mol. The van der Waals surface area contributed by atoms with Gasteiger partial charge in [-0.25, -0.2) is 4.98 Å². The molecule has 1 fully saturated rings. The molecule has 2 aromatic rings. The number of aromatic nitrogens is 2. The molecular formula is C24H33BN4O5. The summed E-state index contributed by atoms with van der Waals surface area (Å²) >= 11 is 0. The second-order valence-corrected chi connectivity index (χ2v) is 9.34. The molecule has 0 unspecified atom stereocenters. The van der Waals surface area contributed by atoms with Crippen LogP contribution in [-0.4, -0.2) is 65.8 Å². The number of hydrogen-bond donors (Lipinski definition) is 2. The van der Waals surface area contributed by atoms with Crippen LogP contribution in [0.4, 0.5) is 0 Å². The van der Waals surface area contributed by atoms with Crippen LogP contribution in [0.15, 0.2) is 48.9 Å². The van der Waals surface area contributed by atoms with E-state index >= 15 is 0 Å². The molecule has 2 atom stereocenters. The van der Waals surface area contributed by atoms with Crippen molar-refractivity contribution in [3.05, 3.63) is 60.2 Å². The highest BCUT2D eigenvalue weighted by atomic mass is 16.7. The van der Waals surface area contributed by atoms with Crippen molar-refractivity contribution in [2.24, 2.45) is 0 Å². The summed E-state index contributed by atoms with van der Waals surface area (Å²) < 4.78 is 17.7. The van der Waals surface area contributed by atoms with Crippen molar-refractivity contribution in [3.63, 3.8) is 0 Å². The van der Waals surface area contributed by atoms with Crippen molar-refractivity contribution in [3.8, 4) is 0 Å². The summed E-state index contributed by atoms with van der Waals surface area (Å²) in [5, 5.41) is 5.70. The summed E-state index contributed by atoms with van der Waals surface area (Å²) in [6, 6.07) is 9.08. The zero-order chi connectivity index (χ0) is 24.8. The Morgan fingerprint density at radius 3 is 2.32 bits per heavy atom. The Morgan fingerprint density at radius 1 is 1.06 bits per heavy atom. The first kappa shape index (κ1) is 25.8. The van der Waals surface area contributed by atoms with Gasteiger partial charge in [0.2, 0.25) is 5.91 Å². The van der Waals surface area contributed by atoms with E-state index in [2.05, 4.69) is 20.6 Å². The van der Waals surface area contributed by atoms with Crippen LogP contribution in [-0.2, 0) is 25.3 Å². The minimum absolute atomic E-state index is 0.00733. The number of benzene rings is 1. The van der Waals surface area contributed by atoms with Gasteiger partial charge in [-0.3, -0.25) is 14.6 Å². The average Bonchev–Trinajstić information content (AvgIpc) is 3.04. The molecular weight excluding hydrogens is 435 g/mol. The predicted molar refractivity (Wildman–Crippen MR) is 128 cm³/mol. The number of aryl methyl sites for hydroxylation is 1. The van der Waals surface area contributed by atoms with Gasteiger partial charge in [0.15, 0.2) is 0 Å². The van der Waals surface area contributed by atoms with Gasteiger partial charge in [-0.2, -0.15) is 0 Å². The van der Waals surface area contributed by atoms with Crippen molar-refractivity contribution < 1.29 is 23.6 Å². The zero-order valence-corrected chi connectivity index (χ0v) is 20.4. The van der Waals surface area contributed by atoms with Crippen LogP contribution >= 0.6 is 0 Å². The largest absolute Gasteiger partial charge is 0.481 e. The number of ether oxygens (including phenoxy) is 1. The number of rotatable bonds is 10. The number of methoxy groups -OCH3 is 1. The van der Waals surface area contributed by atoms with Crippen molar-refractivity contribution >= 4 is 18.9 Å². The smallest absolute Gasteiger partial charge is 0.402 e. The molecule has 1 saturated heterocycles. The summed E-state index contributed by atoms with van der Waals surface area (Å²) in [6.45, 7) is 7.87. The van der Waals surface area contributed by atoms with Gasteiger partial charge in [0.05, 0.1) is 29.9 Å². The van der Waals surface area contributed by atoms with Gasteiger partial charge in [-0.1, -0.05) is 30.3 Å². The third-order valence-corrected chi connectivity index (χ3v) is 6.27. The first-order valence-electron chi connectivity index (χ1n) is 11.4. The molecule has 0 bridgehead atoms. The highest BCUT2D eigenvalue weighted by Crippen LogP contribution is 2.38. The lowest BCUT2D eigenvalue weighted by Gasteiger charge is -2.32. The number of nitrogens with one attached hydrogen (secondary N) is 2. The Labute approximate surface area is 201 Å². The van der Waals surface area contributed by atoms with E-state index in [1.165, 1.54) is 25.7 Å². The van der Waals surface area contributed by atoms with Crippen LogP contribution < -0.4 is 10.6 Å². The molecule has 1 aromatic heterocycles. The van der Waals surface area contributed by atoms with Crippen molar-refractivity contribution in [1.82, 2.24) is 20.6 Å². The molecule has 0 saturated carbocycles. The van der Waals surface area contributed by atoms with Crippen LogP contribution in [0.2, 0.25) is 0 Å². The number of carbonyl (C=O) groups excluding carboxylic acids is 2. The van der Waals surface area contributed by atoms with Crippen LogP contribution in [0, 0.1) is 0 Å². The topological polar surface area (TPSA) is 112 Å². The van der Waals surface area contributed by atoms with E-state index in [4.69, 9.17) is 14.0 Å². The molecule has 0 radical (unpaired) electrons. The fraction of sp³-hybridized carbons (Fsp3) is 0.500. The lowest BCUT2D eigenvalue weighted by atomic mass is 9.75. The quantitative estimate of drug-likeness (QED) is 0.513. The second-order valence-electron chi connectivity index (χ2n) is 9.34. The summed E-state index contributed by atoms with van der Waals surface area (Å²) in [4.78, 5) is 33.7. The first-order chi connectivity index (χ1) is 16.1. The minimum atomic E-state index is -0.929. The Morgan fingerprint density at radius 2 is 1.74 bits per heavy atom. The predicted octanol–water partition coefficient (Wildman–Crippen LogP) is 1.97. The Balaban J connectivity index is 1.74. The molecule has 10 heteroatoms. The maximum atomic E-state index is 13.2. The standard InChI is InChI=1S/C24H33BN4O5/c1-23(2)24(3,4)34-25(33-23)20(12-11-17-9-7-6-8-10-17)29-22(31)19(16-32-5)28-21(30)18-15-26-13-14-27-18/h6-10,13-15,19-20H,11-12,16H2,1-5H3,(H,28,30)(H,29,31)/t19-,20+/m1/s1. The molecule has 1 aliphatic rings. The van der Waals surface area contributed by atoms with E-state index in [0.717, 1.165) is 12.0 Å². The van der Waals surface area contributed by atoms with E-state index in [0.29, 0.717) is 6.42 Å². The highest BCUT2D eigenvalue weighted by molar-refractivity contribution is 6.48. The molecule has 2 amide bonds. The van der Waals surface area contributed by atoms with Crippen LogP contribution in [0.1, 0.15) is 50.2 Å². The molecule has 1 aliphatic heterocycles. The van der Waals surface area contributed by atoms with Crippen molar-refractivity contribution in [1.29, 1.82) is 0 Å². The molecule has 0 aliphatic carbocycles. The van der Waals surface area contributed by atoms with Gasteiger partial charge >= 0.3 is 7.12 Å². The number of nitrogens with zero attached hydrogens (tertiary/aromatic N) is 2. The number of amides is 2. The number of carbonyl (C=O) groups is 2. The lowest BCUT2D eigenvalue weighted by molar-refractivity contribution is -0.124. The molecule has 2 heterocycles. The van der Waals surface area contributed by atoms with Crippen LogP contribution in [0.25, 0.3) is 0 Å². The molecule has 182 valence electrons. The van der Waals surface area contributed by atoms with Crippen LogP contribution in [0.5, 0.6) is 0 Å². The molecule has 0 spiro atoms. The van der Waals surface area contributed by atoms with Gasteiger partial charge < -0.3 is 24.7 Å². The minimum Gasteiger partial charge on any atom is -0.402 e. The fourth-order valence-corrected chi connectivity index (χ4v) is 3.58. The van der Waals surface area contributed by atoms with E-state index in [-0.39, 0.29) is 12.3 Å². The van der Waals surface area contributed by atoms with Crippen LogP contribution in [0.3, 0.4) is 0 Å². The van der Waals surface area contributed by atoms with Gasteiger partial charge in [-0.05, 0) is 46.1 Å². The fourth-order valence-electron chi connectivity index (χ4n) is 3.58. The second kappa shape index (κ2) is 11.1. The third-order valence-electron chi connectivity index (χ3n) is 6.27. The van der Waals surface area contributed by atoms with Gasteiger partial charge in [0, 0.05) is 19.5 Å². The van der Waals surface area contributed by atoms with E-state index in [1.54, 1.807) is 0 Å². The van der Waals surface area contributed by atoms with Crippen molar-refractivity contribution in [2.75, 3.05) is 13.7 Å². The van der Waals surface area contributed by atoms with Gasteiger partial charge in [0.25, 0.3) is 5.91 Å². The molecule has 3 rings (SSSR count). The number of hydrogen-bond acceptors (Lipinski definition) is 7. The lowest BCUT2D eigenvalue weighted by Crippen LogP contribution is -2.56. The summed E-state index contributed by atoms with van der Waals surface area (Å²) in [6.07, 6.45) is 5.53. The zero-order valence-electron chi connectivity index (χ0n) is 20.4. The molecule has 2 N–H and O–H groups in total. The first-order valence-corrected chi connectivity index (χ1v) is 11.4. The summed E-state index contributed by atoms with van der Waals surface area (Å²) in [5.41, 5.74) is 0.171. The SMILES string of the molecule is COC[C@@H](NC(=O)c1cnccn1)C(=O)N[C@@H](CCc1ccccc1)B1OC(C)(C)C(C)(C)O1. The van der Waals surface area contributed by atoms with E-state index < -0.39 is 42.1 Å². The maximum absolute atomic E-state index is 13.2.